The summed E-state index contributed by atoms with van der Waals surface area (Å²) in [6, 6.07) is 7.46. The average molecular weight is 281 g/mol. The highest BCUT2D eigenvalue weighted by Gasteiger charge is 2.04. The van der Waals surface area contributed by atoms with Crippen LogP contribution in [0.2, 0.25) is 0 Å². The first-order valence-corrected chi connectivity index (χ1v) is 5.43. The number of hydrogen-bond acceptors (Lipinski definition) is 4. The minimum absolute atomic E-state index is 0.0767. The van der Waals surface area contributed by atoms with Crippen molar-refractivity contribution < 1.29 is 9.84 Å². The predicted octanol–water partition coefficient (Wildman–Crippen LogP) is 2.52. The Morgan fingerprint density at radius 3 is 2.56 bits per heavy atom. The standard InChI is InChI=1S/C11H9BrN2O2/c12-9-5-13-11(14-6-9)16-10-4-2-1-3-8(10)7-15/h1-6,15H,7H2. The van der Waals surface area contributed by atoms with Crippen molar-refractivity contribution in [3.63, 3.8) is 0 Å². The first kappa shape index (κ1) is 11.0. The van der Waals surface area contributed by atoms with Gasteiger partial charge < -0.3 is 9.84 Å². The zero-order chi connectivity index (χ0) is 11.4. The Morgan fingerprint density at radius 2 is 1.88 bits per heavy atom. The van der Waals surface area contributed by atoms with E-state index < -0.39 is 0 Å². The van der Waals surface area contributed by atoms with Crippen LogP contribution in [0.25, 0.3) is 0 Å². The number of para-hydroxylation sites is 1. The normalized spacial score (nSPS) is 10.1. The molecule has 0 aliphatic carbocycles. The molecular weight excluding hydrogens is 272 g/mol. The van der Waals surface area contributed by atoms with Gasteiger partial charge in [-0.05, 0) is 22.0 Å². The number of ether oxygens (including phenoxy) is 1. The fraction of sp³-hybridized carbons (Fsp3) is 0.0909. The summed E-state index contributed by atoms with van der Waals surface area (Å²) in [5, 5.41) is 9.11. The summed E-state index contributed by atoms with van der Waals surface area (Å²) in [6.07, 6.45) is 3.20. The summed E-state index contributed by atoms with van der Waals surface area (Å²) in [5.41, 5.74) is 0.703. The number of rotatable bonds is 3. The van der Waals surface area contributed by atoms with E-state index in [1.54, 1.807) is 24.5 Å². The highest BCUT2D eigenvalue weighted by atomic mass is 79.9. The molecule has 0 spiro atoms. The molecule has 0 unspecified atom stereocenters. The van der Waals surface area contributed by atoms with Gasteiger partial charge in [0.25, 0.3) is 0 Å². The molecule has 0 amide bonds. The van der Waals surface area contributed by atoms with E-state index in [1.165, 1.54) is 0 Å². The number of nitrogens with zero attached hydrogens (tertiary/aromatic N) is 2. The lowest BCUT2D eigenvalue weighted by Gasteiger charge is -2.07. The van der Waals surface area contributed by atoms with E-state index >= 15 is 0 Å². The summed E-state index contributed by atoms with van der Waals surface area (Å²) in [4.78, 5) is 7.97. The lowest BCUT2D eigenvalue weighted by molar-refractivity contribution is 0.275. The second-order valence-electron chi connectivity index (χ2n) is 3.05. The van der Waals surface area contributed by atoms with Crippen LogP contribution in [-0.2, 0) is 6.61 Å². The first-order chi connectivity index (χ1) is 7.79. The largest absolute Gasteiger partial charge is 0.424 e. The van der Waals surface area contributed by atoms with Crippen molar-refractivity contribution in [1.29, 1.82) is 0 Å². The molecule has 0 radical (unpaired) electrons. The zero-order valence-corrected chi connectivity index (χ0v) is 9.89. The molecule has 0 aliphatic heterocycles. The molecule has 1 N–H and O–H groups in total. The molecule has 4 nitrogen and oxygen atoms in total. The van der Waals surface area contributed by atoms with Gasteiger partial charge >= 0.3 is 6.01 Å². The van der Waals surface area contributed by atoms with Crippen LogP contribution in [0.15, 0.2) is 41.1 Å². The van der Waals surface area contributed by atoms with E-state index in [0.717, 1.165) is 4.47 Å². The van der Waals surface area contributed by atoms with E-state index in [0.29, 0.717) is 11.3 Å². The Labute approximate surface area is 101 Å². The van der Waals surface area contributed by atoms with Gasteiger partial charge in [-0.25, -0.2) is 9.97 Å². The van der Waals surface area contributed by atoms with Crippen LogP contribution in [0.4, 0.5) is 0 Å². The van der Waals surface area contributed by atoms with Crippen LogP contribution in [0, 0.1) is 0 Å². The van der Waals surface area contributed by atoms with Crippen molar-refractivity contribution in [2.24, 2.45) is 0 Å². The van der Waals surface area contributed by atoms with Gasteiger partial charge in [0.15, 0.2) is 0 Å². The third-order valence-electron chi connectivity index (χ3n) is 1.94. The molecule has 0 saturated heterocycles. The van der Waals surface area contributed by atoms with Gasteiger partial charge in [-0.15, -0.1) is 0 Å². The first-order valence-electron chi connectivity index (χ1n) is 4.64. The maximum atomic E-state index is 9.11. The molecule has 82 valence electrons. The SMILES string of the molecule is OCc1ccccc1Oc1ncc(Br)cn1. The number of aliphatic hydroxyl groups excluding tert-OH is 1. The quantitative estimate of drug-likeness (QED) is 0.939. The topological polar surface area (TPSA) is 55.2 Å². The van der Waals surface area contributed by atoms with Gasteiger partial charge in [0.05, 0.1) is 11.1 Å². The zero-order valence-electron chi connectivity index (χ0n) is 8.30. The van der Waals surface area contributed by atoms with Gasteiger partial charge in [-0.2, -0.15) is 0 Å². The lowest BCUT2D eigenvalue weighted by atomic mass is 10.2. The summed E-state index contributed by atoms with van der Waals surface area (Å²) >= 11 is 3.24. The molecule has 2 rings (SSSR count). The fourth-order valence-electron chi connectivity index (χ4n) is 1.19. The summed E-state index contributed by atoms with van der Waals surface area (Å²) in [7, 11) is 0. The minimum atomic E-state index is -0.0767. The summed E-state index contributed by atoms with van der Waals surface area (Å²) in [6.45, 7) is -0.0767. The van der Waals surface area contributed by atoms with Crippen molar-refractivity contribution >= 4 is 15.9 Å². The highest BCUT2D eigenvalue weighted by Crippen LogP contribution is 2.22. The van der Waals surface area contributed by atoms with Crippen LogP contribution >= 0.6 is 15.9 Å². The van der Waals surface area contributed by atoms with E-state index in [1.807, 2.05) is 12.1 Å². The van der Waals surface area contributed by atoms with Crippen LogP contribution in [0.5, 0.6) is 11.8 Å². The molecule has 0 atom stereocenters. The Hall–Kier alpha value is -1.46. The van der Waals surface area contributed by atoms with E-state index in [4.69, 9.17) is 9.84 Å². The third kappa shape index (κ3) is 2.56. The molecule has 0 aliphatic rings. The Balaban J connectivity index is 2.23. The van der Waals surface area contributed by atoms with Gasteiger partial charge in [0, 0.05) is 18.0 Å². The monoisotopic (exact) mass is 280 g/mol. The summed E-state index contributed by atoms with van der Waals surface area (Å²) in [5.74, 6) is 0.562. The van der Waals surface area contributed by atoms with Crippen LogP contribution in [0.3, 0.4) is 0 Å². The molecule has 0 saturated carbocycles. The average Bonchev–Trinajstić information content (AvgIpc) is 2.33. The number of hydrogen-bond donors (Lipinski definition) is 1. The number of aromatic nitrogens is 2. The fourth-order valence-corrected chi connectivity index (χ4v) is 1.39. The molecule has 0 fully saturated rings. The van der Waals surface area contributed by atoms with Crippen LogP contribution < -0.4 is 4.74 Å². The van der Waals surface area contributed by atoms with Crippen LogP contribution in [-0.4, -0.2) is 15.1 Å². The van der Waals surface area contributed by atoms with Crippen molar-refractivity contribution in [3.8, 4) is 11.8 Å². The van der Waals surface area contributed by atoms with Crippen LogP contribution in [0.1, 0.15) is 5.56 Å². The molecule has 1 aromatic heterocycles. The third-order valence-corrected chi connectivity index (χ3v) is 2.35. The Morgan fingerprint density at radius 1 is 1.19 bits per heavy atom. The van der Waals surface area contributed by atoms with E-state index in [2.05, 4.69) is 25.9 Å². The minimum Gasteiger partial charge on any atom is -0.424 e. The molecule has 16 heavy (non-hydrogen) atoms. The second kappa shape index (κ2) is 5.05. The maximum absolute atomic E-state index is 9.11. The van der Waals surface area contributed by atoms with Gasteiger partial charge in [-0.3, -0.25) is 0 Å². The van der Waals surface area contributed by atoms with Crippen molar-refractivity contribution in [1.82, 2.24) is 9.97 Å². The van der Waals surface area contributed by atoms with Gasteiger partial charge in [-0.1, -0.05) is 18.2 Å². The number of aliphatic hydroxyl groups is 1. The van der Waals surface area contributed by atoms with Crippen molar-refractivity contribution in [2.75, 3.05) is 0 Å². The van der Waals surface area contributed by atoms with E-state index in [-0.39, 0.29) is 12.6 Å². The lowest BCUT2D eigenvalue weighted by Crippen LogP contribution is -1.94. The smallest absolute Gasteiger partial charge is 0.321 e. The Kier molecular flexibility index (Phi) is 3.48. The maximum Gasteiger partial charge on any atom is 0.321 e. The predicted molar refractivity (Wildman–Crippen MR) is 62.2 cm³/mol. The number of benzene rings is 1. The van der Waals surface area contributed by atoms with Gasteiger partial charge in [0.1, 0.15) is 5.75 Å². The molecule has 2 aromatic rings. The van der Waals surface area contributed by atoms with Crippen molar-refractivity contribution in [2.45, 2.75) is 6.61 Å². The molecular formula is C11H9BrN2O2. The summed E-state index contributed by atoms with van der Waals surface area (Å²) < 4.78 is 6.24. The van der Waals surface area contributed by atoms with Gasteiger partial charge in [0.2, 0.25) is 0 Å². The van der Waals surface area contributed by atoms with E-state index in [9.17, 15) is 0 Å². The highest BCUT2D eigenvalue weighted by molar-refractivity contribution is 9.10. The molecule has 0 bridgehead atoms. The molecule has 1 aromatic carbocycles. The number of halogens is 1. The molecule has 1 heterocycles. The Bertz CT molecular complexity index is 474. The van der Waals surface area contributed by atoms with Crippen molar-refractivity contribution in [3.05, 3.63) is 46.7 Å². The second-order valence-corrected chi connectivity index (χ2v) is 3.97. The molecule has 5 heteroatoms.